The minimum Gasteiger partial charge on any atom is -0.482 e. The van der Waals surface area contributed by atoms with Gasteiger partial charge in [-0.1, -0.05) is 24.3 Å². The van der Waals surface area contributed by atoms with Crippen molar-refractivity contribution in [1.82, 2.24) is 9.78 Å². The highest BCUT2D eigenvalue weighted by Gasteiger charge is 2.21. The average Bonchev–Trinajstić information content (AvgIpc) is 3.45. The molecule has 0 saturated heterocycles. The van der Waals surface area contributed by atoms with E-state index in [1.807, 2.05) is 43.3 Å². The average molecular weight is 431 g/mol. The molecule has 32 heavy (non-hydrogen) atoms. The number of nitrogens with zero attached hydrogens (tertiary/aromatic N) is 2. The molecule has 1 amide bonds. The van der Waals surface area contributed by atoms with Gasteiger partial charge in [-0.05, 0) is 43.3 Å². The maximum Gasteiger partial charge on any atom is 0.343 e. The van der Waals surface area contributed by atoms with Crippen molar-refractivity contribution in [1.29, 1.82) is 0 Å². The Morgan fingerprint density at radius 2 is 1.88 bits per heavy atom. The van der Waals surface area contributed by atoms with Crippen molar-refractivity contribution in [2.24, 2.45) is 0 Å². The summed E-state index contributed by atoms with van der Waals surface area (Å²) in [6.07, 6.45) is 1.66. The van der Waals surface area contributed by atoms with Crippen molar-refractivity contribution in [3.8, 4) is 22.9 Å². The van der Waals surface area contributed by atoms with Gasteiger partial charge < -0.3 is 19.2 Å². The van der Waals surface area contributed by atoms with Crippen LogP contribution in [0.25, 0.3) is 17.1 Å². The summed E-state index contributed by atoms with van der Waals surface area (Å²) in [7, 11) is 1.29. The molecule has 2 aromatic heterocycles. The van der Waals surface area contributed by atoms with E-state index in [-0.39, 0.29) is 12.5 Å². The summed E-state index contributed by atoms with van der Waals surface area (Å²) in [5.41, 5.74) is 2.10. The highest BCUT2D eigenvalue weighted by Crippen LogP contribution is 2.27. The van der Waals surface area contributed by atoms with E-state index in [2.05, 4.69) is 15.2 Å². The van der Waals surface area contributed by atoms with Crippen molar-refractivity contribution >= 4 is 17.6 Å². The van der Waals surface area contributed by atoms with Gasteiger partial charge in [-0.3, -0.25) is 4.79 Å². The largest absolute Gasteiger partial charge is 0.482 e. The third-order valence-electron chi connectivity index (χ3n) is 4.63. The number of carbonyl (C=O) groups is 2. The number of amides is 1. The first-order chi connectivity index (χ1) is 15.5. The Kier molecular flexibility index (Phi) is 6.03. The van der Waals surface area contributed by atoms with Gasteiger partial charge in [-0.25, -0.2) is 9.48 Å². The van der Waals surface area contributed by atoms with E-state index in [0.717, 1.165) is 11.4 Å². The third-order valence-corrected chi connectivity index (χ3v) is 4.63. The zero-order valence-corrected chi connectivity index (χ0v) is 17.6. The third kappa shape index (κ3) is 4.70. The fourth-order valence-electron chi connectivity index (χ4n) is 3.06. The molecule has 0 atom stereocenters. The first kappa shape index (κ1) is 20.9. The first-order valence-electron chi connectivity index (χ1n) is 9.86. The van der Waals surface area contributed by atoms with Crippen LogP contribution in [0.3, 0.4) is 0 Å². The lowest BCUT2D eigenvalue weighted by atomic mass is 10.2. The number of hydrogen-bond acceptors (Lipinski definition) is 6. The number of anilines is 1. The van der Waals surface area contributed by atoms with Crippen LogP contribution < -0.4 is 10.1 Å². The Labute approximate surface area is 184 Å². The molecule has 0 saturated carbocycles. The summed E-state index contributed by atoms with van der Waals surface area (Å²) < 4.78 is 17.3. The van der Waals surface area contributed by atoms with E-state index < -0.39 is 5.97 Å². The van der Waals surface area contributed by atoms with Crippen LogP contribution in [-0.2, 0) is 9.53 Å². The predicted octanol–water partition coefficient (Wildman–Crippen LogP) is 4.24. The van der Waals surface area contributed by atoms with Gasteiger partial charge >= 0.3 is 5.97 Å². The molecule has 2 aromatic carbocycles. The van der Waals surface area contributed by atoms with Crippen molar-refractivity contribution in [2.45, 2.75) is 6.92 Å². The Hall–Kier alpha value is -4.33. The lowest BCUT2D eigenvalue weighted by Gasteiger charge is -2.08. The molecule has 0 bridgehead atoms. The predicted molar refractivity (Wildman–Crippen MR) is 118 cm³/mol. The summed E-state index contributed by atoms with van der Waals surface area (Å²) >= 11 is 0. The smallest absolute Gasteiger partial charge is 0.343 e. The van der Waals surface area contributed by atoms with Crippen LogP contribution in [-0.4, -0.2) is 35.4 Å². The number of furan rings is 1. The van der Waals surface area contributed by atoms with Crippen molar-refractivity contribution in [3.05, 3.63) is 84.3 Å². The molecule has 0 unspecified atom stereocenters. The maximum absolute atomic E-state index is 13.2. The maximum atomic E-state index is 13.2. The lowest BCUT2D eigenvalue weighted by Crippen LogP contribution is -2.14. The second-order valence-electron chi connectivity index (χ2n) is 6.93. The molecule has 162 valence electrons. The van der Waals surface area contributed by atoms with Gasteiger partial charge in [-0.2, -0.15) is 5.10 Å². The molecule has 0 aliphatic heterocycles. The monoisotopic (exact) mass is 431 g/mol. The van der Waals surface area contributed by atoms with Gasteiger partial charge in [0.25, 0.3) is 5.91 Å². The van der Waals surface area contributed by atoms with Gasteiger partial charge in [0.15, 0.2) is 12.4 Å². The highest BCUT2D eigenvalue weighted by atomic mass is 16.6. The van der Waals surface area contributed by atoms with E-state index in [4.69, 9.17) is 9.15 Å². The molecule has 1 N–H and O–H groups in total. The molecular formula is C24H21N3O5. The number of nitrogens with one attached hydrogen (secondary N) is 1. The highest BCUT2D eigenvalue weighted by molar-refractivity contribution is 6.07. The van der Waals surface area contributed by atoms with Crippen LogP contribution >= 0.6 is 0 Å². The van der Waals surface area contributed by atoms with Crippen LogP contribution in [0.2, 0.25) is 0 Å². The quantitative estimate of drug-likeness (QED) is 0.440. The number of aromatic nitrogens is 2. The van der Waals surface area contributed by atoms with Crippen molar-refractivity contribution in [2.75, 3.05) is 19.0 Å². The number of esters is 1. The number of hydrogen-bond donors (Lipinski definition) is 1. The lowest BCUT2D eigenvalue weighted by molar-refractivity contribution is -0.142. The fraction of sp³-hybridized carbons (Fsp3) is 0.125. The molecule has 0 fully saturated rings. The second-order valence-corrected chi connectivity index (χ2v) is 6.93. The summed E-state index contributed by atoms with van der Waals surface area (Å²) in [5.74, 6) is 0.788. The number of benzene rings is 2. The zero-order valence-electron chi connectivity index (χ0n) is 17.6. The summed E-state index contributed by atoms with van der Waals surface area (Å²) in [5, 5.41) is 7.44. The standard InChI is InChI=1S/C24H21N3O5/c1-16-11-12-21(32-16)23-20(14-27(26-23)18-8-4-3-5-9-18)24(29)25-17-7-6-10-19(13-17)31-15-22(28)30-2/h3-14H,15H2,1-2H3,(H,25,29). The Morgan fingerprint density at radius 1 is 1.06 bits per heavy atom. The van der Waals surface area contributed by atoms with Gasteiger partial charge in [0.05, 0.1) is 18.4 Å². The van der Waals surface area contributed by atoms with E-state index >= 15 is 0 Å². The minimum atomic E-state index is -0.494. The van der Waals surface area contributed by atoms with Gasteiger partial charge in [0.1, 0.15) is 17.2 Å². The Balaban J connectivity index is 1.62. The topological polar surface area (TPSA) is 95.6 Å². The Bertz CT molecular complexity index is 1240. The molecule has 4 rings (SSSR count). The van der Waals surface area contributed by atoms with E-state index in [1.165, 1.54) is 7.11 Å². The van der Waals surface area contributed by atoms with Crippen LogP contribution in [0, 0.1) is 6.92 Å². The van der Waals surface area contributed by atoms with E-state index in [0.29, 0.717) is 28.5 Å². The molecule has 0 spiro atoms. The van der Waals surface area contributed by atoms with Gasteiger partial charge in [0.2, 0.25) is 0 Å². The number of para-hydroxylation sites is 1. The zero-order chi connectivity index (χ0) is 22.5. The molecule has 8 heteroatoms. The minimum absolute atomic E-state index is 0.222. The van der Waals surface area contributed by atoms with E-state index in [1.54, 1.807) is 41.2 Å². The fourth-order valence-corrected chi connectivity index (χ4v) is 3.06. The van der Waals surface area contributed by atoms with Crippen LogP contribution in [0.5, 0.6) is 5.75 Å². The molecule has 0 aliphatic carbocycles. The van der Waals surface area contributed by atoms with Crippen LogP contribution in [0.15, 0.2) is 77.3 Å². The van der Waals surface area contributed by atoms with Gasteiger partial charge in [-0.15, -0.1) is 0 Å². The number of methoxy groups -OCH3 is 1. The van der Waals surface area contributed by atoms with Crippen molar-refractivity contribution < 1.29 is 23.5 Å². The normalized spacial score (nSPS) is 10.6. The SMILES string of the molecule is COC(=O)COc1cccc(NC(=O)c2cn(-c3ccccc3)nc2-c2ccc(C)o2)c1. The molecular weight excluding hydrogens is 410 g/mol. The van der Waals surface area contributed by atoms with Gasteiger partial charge in [0, 0.05) is 18.0 Å². The molecule has 0 radical (unpaired) electrons. The van der Waals surface area contributed by atoms with Crippen LogP contribution in [0.4, 0.5) is 5.69 Å². The number of ether oxygens (including phenoxy) is 2. The Morgan fingerprint density at radius 3 is 2.59 bits per heavy atom. The molecule has 0 aliphatic rings. The number of carbonyl (C=O) groups excluding carboxylic acids is 2. The van der Waals surface area contributed by atoms with Crippen LogP contribution in [0.1, 0.15) is 16.1 Å². The summed E-state index contributed by atoms with van der Waals surface area (Å²) in [4.78, 5) is 24.5. The first-order valence-corrected chi connectivity index (χ1v) is 9.86. The molecule has 2 heterocycles. The second kappa shape index (κ2) is 9.22. The molecule has 4 aromatic rings. The molecule has 8 nitrogen and oxygen atoms in total. The van der Waals surface area contributed by atoms with E-state index in [9.17, 15) is 9.59 Å². The van der Waals surface area contributed by atoms with Crippen molar-refractivity contribution in [3.63, 3.8) is 0 Å². The number of rotatable bonds is 7. The number of aryl methyl sites for hydroxylation is 1. The summed E-state index contributed by atoms with van der Waals surface area (Å²) in [6, 6.07) is 19.8. The summed E-state index contributed by atoms with van der Waals surface area (Å²) in [6.45, 7) is 1.61.